The van der Waals surface area contributed by atoms with Crippen molar-refractivity contribution in [2.24, 2.45) is 0 Å². The quantitative estimate of drug-likeness (QED) is 0.882. The van der Waals surface area contributed by atoms with E-state index in [1.165, 1.54) is 0 Å². The van der Waals surface area contributed by atoms with Gasteiger partial charge in [0.05, 0.1) is 11.9 Å². The number of carbonyl (C=O) groups excluding carboxylic acids is 1. The summed E-state index contributed by atoms with van der Waals surface area (Å²) in [5.41, 5.74) is 2.57. The van der Waals surface area contributed by atoms with Crippen molar-refractivity contribution in [2.75, 3.05) is 28.6 Å². The molecule has 2 aromatic rings. The minimum absolute atomic E-state index is 0.279. The first kappa shape index (κ1) is 14.8. The number of benzene rings is 1. The molecular formula is C16H20N4O. The fraction of sp³-hybridized carbons (Fsp3) is 0.250. The van der Waals surface area contributed by atoms with Gasteiger partial charge in [0, 0.05) is 30.7 Å². The van der Waals surface area contributed by atoms with Crippen LogP contribution in [0.25, 0.3) is 0 Å². The van der Waals surface area contributed by atoms with Crippen LogP contribution < -0.4 is 15.5 Å². The van der Waals surface area contributed by atoms with E-state index in [1.807, 2.05) is 24.3 Å². The Bertz CT molecular complexity index is 565. The van der Waals surface area contributed by atoms with Gasteiger partial charge in [0.25, 0.3) is 0 Å². The first-order valence-corrected chi connectivity index (χ1v) is 7.06. The lowest BCUT2D eigenvalue weighted by Gasteiger charge is -2.21. The zero-order chi connectivity index (χ0) is 15.1. The van der Waals surface area contributed by atoms with Crippen molar-refractivity contribution < 1.29 is 4.79 Å². The molecule has 0 fully saturated rings. The van der Waals surface area contributed by atoms with Crippen LogP contribution in [0, 0.1) is 0 Å². The van der Waals surface area contributed by atoms with Crippen LogP contribution in [0.1, 0.15) is 13.8 Å². The molecule has 0 saturated heterocycles. The number of hydrogen-bond donors (Lipinski definition) is 2. The van der Waals surface area contributed by atoms with Gasteiger partial charge in [-0.2, -0.15) is 0 Å². The number of anilines is 3. The number of hydrogen-bond acceptors (Lipinski definition) is 3. The molecule has 2 N–H and O–H groups in total. The highest BCUT2D eigenvalue weighted by molar-refractivity contribution is 5.99. The van der Waals surface area contributed by atoms with Gasteiger partial charge in [0.15, 0.2) is 0 Å². The molecule has 0 aliphatic carbocycles. The number of rotatable bonds is 5. The lowest BCUT2D eigenvalue weighted by Crippen LogP contribution is -2.22. The number of urea groups is 1. The maximum atomic E-state index is 11.9. The van der Waals surface area contributed by atoms with Gasteiger partial charge in [-0.25, -0.2) is 4.79 Å². The molecule has 2 amide bonds. The number of carbonyl (C=O) groups is 1. The van der Waals surface area contributed by atoms with E-state index >= 15 is 0 Å². The minimum Gasteiger partial charge on any atom is -0.372 e. The smallest absolute Gasteiger partial charge is 0.323 e. The Balaban J connectivity index is 1.95. The number of amides is 2. The number of nitrogens with one attached hydrogen (secondary N) is 2. The van der Waals surface area contributed by atoms with Crippen molar-refractivity contribution >= 4 is 23.1 Å². The molecule has 5 heteroatoms. The molecule has 5 nitrogen and oxygen atoms in total. The second kappa shape index (κ2) is 7.28. The summed E-state index contributed by atoms with van der Waals surface area (Å²) in [6.07, 6.45) is 3.26. The van der Waals surface area contributed by atoms with Crippen LogP contribution in [0.5, 0.6) is 0 Å². The Morgan fingerprint density at radius 2 is 1.71 bits per heavy atom. The third-order valence-corrected chi connectivity index (χ3v) is 3.17. The molecule has 0 spiro atoms. The average molecular weight is 284 g/mol. The zero-order valence-electron chi connectivity index (χ0n) is 12.3. The van der Waals surface area contributed by atoms with Gasteiger partial charge in [0.1, 0.15) is 0 Å². The summed E-state index contributed by atoms with van der Waals surface area (Å²) < 4.78 is 0. The van der Waals surface area contributed by atoms with Crippen LogP contribution in [0.2, 0.25) is 0 Å². The predicted molar refractivity (Wildman–Crippen MR) is 86.9 cm³/mol. The SMILES string of the molecule is CCN(CC)c1ccc(NC(=O)Nc2cccnc2)cc1. The summed E-state index contributed by atoms with van der Waals surface area (Å²) in [6, 6.07) is 11.1. The molecule has 0 radical (unpaired) electrons. The zero-order valence-corrected chi connectivity index (χ0v) is 12.3. The Morgan fingerprint density at radius 3 is 2.29 bits per heavy atom. The summed E-state index contributed by atoms with van der Waals surface area (Å²) in [7, 11) is 0. The molecule has 0 aliphatic rings. The van der Waals surface area contributed by atoms with Gasteiger partial charge >= 0.3 is 6.03 Å². The highest BCUT2D eigenvalue weighted by Crippen LogP contribution is 2.17. The summed E-state index contributed by atoms with van der Waals surface area (Å²) in [5.74, 6) is 0. The van der Waals surface area contributed by atoms with E-state index in [1.54, 1.807) is 24.5 Å². The Labute approximate surface area is 125 Å². The van der Waals surface area contributed by atoms with E-state index in [-0.39, 0.29) is 6.03 Å². The highest BCUT2D eigenvalue weighted by atomic mass is 16.2. The van der Waals surface area contributed by atoms with Crippen LogP contribution in [0.4, 0.5) is 21.9 Å². The average Bonchev–Trinajstić information content (AvgIpc) is 2.51. The lowest BCUT2D eigenvalue weighted by atomic mass is 10.2. The molecular weight excluding hydrogens is 264 g/mol. The molecule has 0 unspecified atom stereocenters. The van der Waals surface area contributed by atoms with E-state index in [2.05, 4.69) is 34.4 Å². The fourth-order valence-corrected chi connectivity index (χ4v) is 2.07. The van der Waals surface area contributed by atoms with Crippen LogP contribution in [-0.4, -0.2) is 24.1 Å². The second-order valence-corrected chi connectivity index (χ2v) is 4.54. The number of pyridine rings is 1. The second-order valence-electron chi connectivity index (χ2n) is 4.54. The Hall–Kier alpha value is -2.56. The molecule has 0 bridgehead atoms. The monoisotopic (exact) mass is 284 g/mol. The van der Waals surface area contributed by atoms with Crippen molar-refractivity contribution in [3.8, 4) is 0 Å². The van der Waals surface area contributed by atoms with E-state index in [0.717, 1.165) is 24.5 Å². The van der Waals surface area contributed by atoms with Gasteiger partial charge < -0.3 is 15.5 Å². The fourth-order valence-electron chi connectivity index (χ4n) is 2.07. The lowest BCUT2D eigenvalue weighted by molar-refractivity contribution is 0.262. The maximum Gasteiger partial charge on any atom is 0.323 e. The van der Waals surface area contributed by atoms with E-state index in [0.29, 0.717) is 5.69 Å². The van der Waals surface area contributed by atoms with Gasteiger partial charge in [0.2, 0.25) is 0 Å². The van der Waals surface area contributed by atoms with E-state index in [4.69, 9.17) is 0 Å². The summed E-state index contributed by atoms with van der Waals surface area (Å²) in [5, 5.41) is 5.52. The van der Waals surface area contributed by atoms with Gasteiger partial charge in [-0.3, -0.25) is 4.98 Å². The van der Waals surface area contributed by atoms with Crippen molar-refractivity contribution in [2.45, 2.75) is 13.8 Å². The molecule has 0 saturated carbocycles. The number of aromatic nitrogens is 1. The normalized spacial score (nSPS) is 10.0. The van der Waals surface area contributed by atoms with Gasteiger partial charge in [-0.1, -0.05) is 0 Å². The first-order valence-electron chi connectivity index (χ1n) is 7.06. The standard InChI is InChI=1S/C16H20N4O/c1-3-20(4-2)15-9-7-13(8-10-15)18-16(21)19-14-6-5-11-17-12-14/h5-12H,3-4H2,1-2H3,(H2,18,19,21). The van der Waals surface area contributed by atoms with E-state index in [9.17, 15) is 4.79 Å². The van der Waals surface area contributed by atoms with Gasteiger partial charge in [-0.15, -0.1) is 0 Å². The third-order valence-electron chi connectivity index (χ3n) is 3.17. The molecule has 110 valence electrons. The van der Waals surface area contributed by atoms with Crippen molar-refractivity contribution in [1.82, 2.24) is 4.98 Å². The predicted octanol–water partition coefficient (Wildman–Crippen LogP) is 3.57. The summed E-state index contributed by atoms with van der Waals surface area (Å²) >= 11 is 0. The van der Waals surface area contributed by atoms with E-state index < -0.39 is 0 Å². The van der Waals surface area contributed by atoms with Crippen LogP contribution in [-0.2, 0) is 0 Å². The molecule has 0 atom stereocenters. The molecule has 0 aliphatic heterocycles. The number of nitrogens with zero attached hydrogens (tertiary/aromatic N) is 2. The topological polar surface area (TPSA) is 57.3 Å². The molecule has 1 aromatic carbocycles. The van der Waals surface area contributed by atoms with Crippen molar-refractivity contribution in [3.63, 3.8) is 0 Å². The van der Waals surface area contributed by atoms with Crippen LogP contribution in [0.15, 0.2) is 48.8 Å². The van der Waals surface area contributed by atoms with Crippen LogP contribution in [0.3, 0.4) is 0 Å². The van der Waals surface area contributed by atoms with Gasteiger partial charge in [-0.05, 0) is 50.2 Å². The van der Waals surface area contributed by atoms with Crippen molar-refractivity contribution in [1.29, 1.82) is 0 Å². The molecule has 2 rings (SSSR count). The molecule has 1 heterocycles. The Kier molecular flexibility index (Phi) is 5.15. The molecule has 21 heavy (non-hydrogen) atoms. The highest BCUT2D eigenvalue weighted by Gasteiger charge is 2.04. The molecule has 1 aromatic heterocycles. The minimum atomic E-state index is -0.279. The third kappa shape index (κ3) is 4.21. The maximum absolute atomic E-state index is 11.9. The summed E-state index contributed by atoms with van der Waals surface area (Å²) in [4.78, 5) is 18.0. The largest absolute Gasteiger partial charge is 0.372 e. The first-order chi connectivity index (χ1) is 10.2. The Morgan fingerprint density at radius 1 is 1.05 bits per heavy atom. The van der Waals surface area contributed by atoms with Crippen molar-refractivity contribution in [3.05, 3.63) is 48.8 Å². The van der Waals surface area contributed by atoms with Crippen LogP contribution >= 0.6 is 0 Å². The summed E-state index contributed by atoms with van der Waals surface area (Å²) in [6.45, 7) is 6.17.